The Morgan fingerprint density at radius 2 is 1.49 bits per heavy atom. The van der Waals surface area contributed by atoms with E-state index >= 15 is 0 Å². The minimum absolute atomic E-state index is 0.0172. The van der Waals surface area contributed by atoms with E-state index in [9.17, 15) is 26.4 Å². The molecule has 2 aromatic carbocycles. The van der Waals surface area contributed by atoms with Crippen LogP contribution in [0.5, 0.6) is 17.2 Å². The van der Waals surface area contributed by atoms with Gasteiger partial charge in [-0.25, -0.2) is 27.8 Å². The molecule has 1 aliphatic heterocycles. The van der Waals surface area contributed by atoms with E-state index in [0.29, 0.717) is 28.6 Å². The largest absolute Gasteiger partial charge is 0.497 e. The van der Waals surface area contributed by atoms with Crippen LogP contribution in [0.3, 0.4) is 0 Å². The number of methoxy groups -OCH3 is 1. The summed E-state index contributed by atoms with van der Waals surface area (Å²) < 4.78 is 65.2. The van der Waals surface area contributed by atoms with Gasteiger partial charge in [-0.2, -0.15) is 20.4 Å². The minimum atomic E-state index is -4.05. The quantitative estimate of drug-likeness (QED) is 0.111. The van der Waals surface area contributed by atoms with Gasteiger partial charge in [-0.3, -0.25) is 30.0 Å². The SMILES string of the molecule is CC1(C)SCCN(S(=O)(=O)c2ccc(Oc3ccncc3)cc2)C1C(=O)NO.COc1ccc(S(=O)(=O)N(Cc2cccnc2)C(C(=O)NO)C(C)C)cc1. The van der Waals surface area contributed by atoms with E-state index < -0.39 is 48.7 Å². The molecule has 1 aliphatic rings. The van der Waals surface area contributed by atoms with Crippen molar-refractivity contribution >= 4 is 43.6 Å². The van der Waals surface area contributed by atoms with E-state index in [4.69, 9.17) is 19.9 Å². The van der Waals surface area contributed by atoms with E-state index in [1.54, 1.807) is 93.6 Å². The first kappa shape index (κ1) is 43.1. The van der Waals surface area contributed by atoms with Gasteiger partial charge in [0.2, 0.25) is 20.0 Å². The van der Waals surface area contributed by atoms with E-state index in [0.717, 1.165) is 8.61 Å². The van der Waals surface area contributed by atoms with Crippen molar-refractivity contribution < 1.29 is 46.3 Å². The van der Waals surface area contributed by atoms with Crippen molar-refractivity contribution in [3.8, 4) is 17.2 Å². The Morgan fingerprint density at radius 3 is 2.04 bits per heavy atom. The lowest BCUT2D eigenvalue weighted by Crippen LogP contribution is -2.61. The van der Waals surface area contributed by atoms with Crippen molar-refractivity contribution in [1.82, 2.24) is 29.5 Å². The average molecular weight is 817 g/mol. The van der Waals surface area contributed by atoms with Gasteiger partial charge in [0.1, 0.15) is 29.3 Å². The molecule has 19 heteroatoms. The van der Waals surface area contributed by atoms with Gasteiger partial charge in [0, 0.05) is 48.4 Å². The van der Waals surface area contributed by atoms with Crippen LogP contribution in [0.15, 0.2) is 107 Å². The van der Waals surface area contributed by atoms with Crippen molar-refractivity contribution in [3.05, 3.63) is 103 Å². The fourth-order valence-corrected chi connectivity index (χ4v) is 10.6. The number of amides is 2. The van der Waals surface area contributed by atoms with Crippen LogP contribution < -0.4 is 20.4 Å². The summed E-state index contributed by atoms with van der Waals surface area (Å²) in [5, 5.41) is 18.2. The summed E-state index contributed by atoms with van der Waals surface area (Å²) in [6.45, 7) is 7.08. The Hall–Kier alpha value is -4.63. The Bertz CT molecular complexity index is 2090. The number of pyridine rings is 2. The number of carbonyl (C=O) groups excluding carboxylic acids is 2. The number of ether oxygens (including phenoxy) is 2. The van der Waals surface area contributed by atoms with Gasteiger partial charge in [0.15, 0.2) is 0 Å². The van der Waals surface area contributed by atoms with Crippen LogP contribution in [-0.4, -0.2) is 93.9 Å². The van der Waals surface area contributed by atoms with Gasteiger partial charge in [-0.15, -0.1) is 0 Å². The highest BCUT2D eigenvalue weighted by molar-refractivity contribution is 8.01. The standard InChI is InChI=1S/C18H21N3O5S2.C18H23N3O5S/c1-18(2)16(17(22)20-23)21(11-12-27-18)28(24,25)15-5-3-13(4-6-15)26-14-7-9-19-10-8-14;1-13(2)17(18(22)20-23)21(12-14-5-4-10-19-11-14)27(24,25)16-8-6-15(26-3)7-9-16/h3-10,16,23H,11-12H2,1-2H3,(H,20,22);4-11,13,17,23H,12H2,1-3H3,(H,20,22). The molecular formula is C36H44N6O10S3. The third kappa shape index (κ3) is 10.6. The van der Waals surface area contributed by atoms with Gasteiger partial charge in [0.25, 0.3) is 11.8 Å². The van der Waals surface area contributed by atoms with Gasteiger partial charge < -0.3 is 9.47 Å². The van der Waals surface area contributed by atoms with Crippen LogP contribution in [0.2, 0.25) is 0 Å². The molecule has 2 aromatic heterocycles. The summed E-state index contributed by atoms with van der Waals surface area (Å²) in [4.78, 5) is 32.5. The van der Waals surface area contributed by atoms with Crippen molar-refractivity contribution in [3.63, 3.8) is 0 Å². The molecule has 1 saturated heterocycles. The molecule has 4 aromatic rings. The van der Waals surface area contributed by atoms with Gasteiger partial charge >= 0.3 is 0 Å². The Morgan fingerprint density at radius 1 is 0.891 bits per heavy atom. The summed E-state index contributed by atoms with van der Waals surface area (Å²) in [5.74, 6) is 0.182. The number of hydrogen-bond acceptors (Lipinski definition) is 13. The predicted octanol–water partition coefficient (Wildman–Crippen LogP) is 4.08. The minimum Gasteiger partial charge on any atom is -0.497 e. The maximum atomic E-state index is 13.3. The zero-order valence-electron chi connectivity index (χ0n) is 30.8. The molecule has 3 heterocycles. The molecule has 2 atom stereocenters. The van der Waals surface area contributed by atoms with Crippen molar-refractivity contribution in [2.24, 2.45) is 5.92 Å². The zero-order valence-corrected chi connectivity index (χ0v) is 33.2. The summed E-state index contributed by atoms with van der Waals surface area (Å²) in [5.41, 5.74) is 3.79. The molecule has 0 radical (unpaired) electrons. The third-order valence-corrected chi connectivity index (χ3v) is 13.5. The normalized spacial score (nSPS) is 16.3. The van der Waals surface area contributed by atoms with Gasteiger partial charge in [-0.1, -0.05) is 19.9 Å². The van der Waals surface area contributed by atoms with Crippen LogP contribution in [0.4, 0.5) is 0 Å². The highest BCUT2D eigenvalue weighted by Gasteiger charge is 2.48. The molecule has 2 unspecified atom stereocenters. The number of hydroxylamine groups is 2. The third-order valence-electron chi connectivity index (χ3n) is 8.45. The lowest BCUT2D eigenvalue weighted by molar-refractivity contribution is -0.135. The number of aromatic nitrogens is 2. The Kier molecular flexibility index (Phi) is 14.7. The molecule has 0 saturated carbocycles. The molecule has 4 N–H and O–H groups in total. The lowest BCUT2D eigenvalue weighted by atomic mass is 10.0. The first-order chi connectivity index (χ1) is 26.1. The Balaban J connectivity index is 0.000000245. The van der Waals surface area contributed by atoms with Crippen LogP contribution in [0.1, 0.15) is 33.3 Å². The number of nitrogens with one attached hydrogen (secondary N) is 2. The monoisotopic (exact) mass is 816 g/mol. The fourth-order valence-electron chi connectivity index (χ4n) is 5.80. The molecular weight excluding hydrogens is 773 g/mol. The highest BCUT2D eigenvalue weighted by atomic mass is 32.2. The van der Waals surface area contributed by atoms with Crippen molar-refractivity contribution in [2.45, 2.75) is 60.9 Å². The highest BCUT2D eigenvalue weighted by Crippen LogP contribution is 2.38. The number of nitrogens with zero attached hydrogens (tertiary/aromatic N) is 4. The first-order valence-corrected chi connectivity index (χ1v) is 20.7. The van der Waals surface area contributed by atoms with Crippen LogP contribution in [0.25, 0.3) is 0 Å². The summed E-state index contributed by atoms with van der Waals surface area (Å²) in [6.07, 6.45) is 6.30. The molecule has 296 valence electrons. The maximum Gasteiger partial charge on any atom is 0.263 e. The van der Waals surface area contributed by atoms with E-state index in [1.807, 2.05) is 0 Å². The number of carbonyl (C=O) groups is 2. The summed E-state index contributed by atoms with van der Waals surface area (Å²) in [6, 6.07) is 16.5. The maximum absolute atomic E-state index is 13.3. The topological polar surface area (TPSA) is 218 Å². The number of sulfonamides is 2. The van der Waals surface area contributed by atoms with E-state index in [-0.39, 0.29) is 28.8 Å². The predicted molar refractivity (Wildman–Crippen MR) is 203 cm³/mol. The van der Waals surface area contributed by atoms with Gasteiger partial charge in [-0.05, 0) is 92.1 Å². The molecule has 2 amide bonds. The van der Waals surface area contributed by atoms with Crippen LogP contribution in [0, 0.1) is 5.92 Å². The van der Waals surface area contributed by atoms with Crippen molar-refractivity contribution in [1.29, 1.82) is 0 Å². The molecule has 0 aliphatic carbocycles. The second-order valence-electron chi connectivity index (χ2n) is 13.0. The van der Waals surface area contributed by atoms with Gasteiger partial charge in [0.05, 0.1) is 16.9 Å². The molecule has 0 spiro atoms. The summed E-state index contributed by atoms with van der Waals surface area (Å²) in [7, 11) is -6.51. The molecule has 0 bridgehead atoms. The second-order valence-corrected chi connectivity index (χ2v) is 18.5. The lowest BCUT2D eigenvalue weighted by Gasteiger charge is -2.43. The Labute approximate surface area is 324 Å². The molecule has 16 nitrogen and oxygen atoms in total. The smallest absolute Gasteiger partial charge is 0.263 e. The number of thioether (sulfide) groups is 1. The fraction of sp³-hybridized carbons (Fsp3) is 0.333. The second kappa shape index (κ2) is 18.8. The van der Waals surface area contributed by atoms with E-state index in [2.05, 4.69) is 9.97 Å². The number of rotatable bonds is 13. The molecule has 1 fully saturated rings. The zero-order chi connectivity index (χ0) is 40.4. The molecule has 5 rings (SSSR count). The number of hydrogen-bond donors (Lipinski definition) is 4. The summed E-state index contributed by atoms with van der Waals surface area (Å²) >= 11 is 1.49. The van der Waals surface area contributed by atoms with Crippen LogP contribution in [-0.2, 0) is 36.2 Å². The first-order valence-electron chi connectivity index (χ1n) is 16.8. The van der Waals surface area contributed by atoms with Crippen molar-refractivity contribution in [2.75, 3.05) is 19.4 Å². The number of benzene rings is 2. The van der Waals surface area contributed by atoms with Crippen LogP contribution >= 0.6 is 11.8 Å². The average Bonchev–Trinajstić information content (AvgIpc) is 3.18. The molecule has 55 heavy (non-hydrogen) atoms. The van der Waals surface area contributed by atoms with E-state index in [1.165, 1.54) is 61.5 Å².